The summed E-state index contributed by atoms with van der Waals surface area (Å²) < 4.78 is 64.2. The van der Waals surface area contributed by atoms with E-state index in [1.54, 1.807) is 24.1 Å². The van der Waals surface area contributed by atoms with E-state index in [0.717, 1.165) is 74.7 Å². The van der Waals surface area contributed by atoms with Crippen LogP contribution in [0.5, 0.6) is 17.2 Å². The Kier molecular flexibility index (Phi) is 15.3. The van der Waals surface area contributed by atoms with Crippen molar-refractivity contribution in [2.24, 2.45) is 0 Å². The molecule has 1 saturated heterocycles. The zero-order valence-electron chi connectivity index (χ0n) is 31.5. The van der Waals surface area contributed by atoms with Crippen LogP contribution in [0.15, 0.2) is 60.7 Å². The van der Waals surface area contributed by atoms with Crippen LogP contribution in [-0.4, -0.2) is 125 Å². The van der Waals surface area contributed by atoms with Crippen molar-refractivity contribution in [2.45, 2.75) is 32.2 Å². The van der Waals surface area contributed by atoms with E-state index < -0.39 is 10.1 Å². The average Bonchev–Trinajstić information content (AvgIpc) is 3.33. The van der Waals surface area contributed by atoms with Crippen molar-refractivity contribution in [1.82, 2.24) is 19.4 Å². The fraction of sp³-hybridized carbons (Fsp3) is 0.474. The summed E-state index contributed by atoms with van der Waals surface area (Å²) in [6.45, 7) is 9.05. The molecule has 1 fully saturated rings. The van der Waals surface area contributed by atoms with Crippen molar-refractivity contribution in [3.05, 3.63) is 77.6 Å². The molecule has 0 aliphatic carbocycles. The minimum absolute atomic E-state index is 0.00343. The maximum atomic E-state index is 13.9. The van der Waals surface area contributed by atoms with Crippen LogP contribution >= 0.6 is 0 Å². The van der Waals surface area contributed by atoms with Crippen molar-refractivity contribution in [2.75, 3.05) is 92.0 Å². The number of aromatic nitrogens is 2. The molecule has 0 spiro atoms. The highest BCUT2D eigenvalue weighted by Crippen LogP contribution is 2.38. The molecule has 1 aromatic heterocycles. The molecule has 1 N–H and O–H groups in total. The number of amides is 1. The van der Waals surface area contributed by atoms with Gasteiger partial charge in [-0.15, -0.1) is 0 Å². The molecule has 1 aliphatic rings. The Morgan fingerprint density at radius 3 is 2.25 bits per heavy atom. The first-order valence-corrected chi connectivity index (χ1v) is 19.4. The van der Waals surface area contributed by atoms with Crippen molar-refractivity contribution >= 4 is 33.0 Å². The van der Waals surface area contributed by atoms with E-state index in [4.69, 9.17) is 28.5 Å². The number of likely N-dealkylation sites (N-methyl/N-ethyl adjacent to an activating group) is 1. The monoisotopic (exact) mass is 757 g/mol. The van der Waals surface area contributed by atoms with Gasteiger partial charge in [0.15, 0.2) is 11.5 Å². The third-order valence-corrected chi connectivity index (χ3v) is 9.06. The van der Waals surface area contributed by atoms with Crippen molar-refractivity contribution in [3.63, 3.8) is 0 Å². The molecule has 15 heteroatoms. The molecule has 3 aromatic carbocycles. The van der Waals surface area contributed by atoms with E-state index in [-0.39, 0.29) is 17.6 Å². The summed E-state index contributed by atoms with van der Waals surface area (Å²) in [5.74, 6) is 1.82. The fourth-order valence-electron chi connectivity index (χ4n) is 6.49. The number of carbonyl (C=O) groups is 1. The second kappa shape index (κ2) is 19.6. The van der Waals surface area contributed by atoms with E-state index in [1.165, 1.54) is 33.5 Å². The standard InChI is InChI=1S/C37H48FN5O5.CH4O3S/c1-6-48-23-22-43-32-11-8-7-10-31(32)39-37(43)42-18-9-17-41(20-21-42)19-16-28(27-12-14-30(38)15-13-27)26-40(2)36(44)29-24-33(45-3)35(47-5)34(25-29)46-4;1-5(2,3)4/h7-8,10-15,24-25,28H,6,9,16-23,26H2,1-5H3;1H3,(H,2,3,4). The summed E-state index contributed by atoms with van der Waals surface area (Å²) in [6, 6.07) is 18.3. The Bertz CT molecular complexity index is 1860. The molecule has 4 aromatic rings. The lowest BCUT2D eigenvalue weighted by atomic mass is 9.94. The molecule has 0 saturated carbocycles. The molecular formula is C38H52FN5O8S. The van der Waals surface area contributed by atoms with Crippen LogP contribution in [0.25, 0.3) is 11.0 Å². The number of para-hydroxylation sites is 2. The smallest absolute Gasteiger partial charge is 0.261 e. The maximum absolute atomic E-state index is 13.9. The molecular weight excluding hydrogens is 706 g/mol. The quantitative estimate of drug-likeness (QED) is 0.127. The van der Waals surface area contributed by atoms with Gasteiger partial charge in [0.1, 0.15) is 5.82 Å². The predicted octanol–water partition coefficient (Wildman–Crippen LogP) is 5.20. The lowest BCUT2D eigenvalue weighted by Gasteiger charge is -2.28. The van der Waals surface area contributed by atoms with Gasteiger partial charge in [0.2, 0.25) is 11.7 Å². The van der Waals surface area contributed by atoms with Crippen LogP contribution in [-0.2, 0) is 21.4 Å². The third-order valence-electron chi connectivity index (χ3n) is 9.06. The number of halogens is 1. The molecule has 53 heavy (non-hydrogen) atoms. The van der Waals surface area contributed by atoms with Crippen LogP contribution < -0.4 is 19.1 Å². The largest absolute Gasteiger partial charge is 0.493 e. The third kappa shape index (κ3) is 11.8. The van der Waals surface area contributed by atoms with E-state index in [0.29, 0.717) is 48.8 Å². The Morgan fingerprint density at radius 2 is 1.62 bits per heavy atom. The van der Waals surface area contributed by atoms with Crippen LogP contribution in [0.2, 0.25) is 0 Å². The minimum Gasteiger partial charge on any atom is -0.493 e. The number of fused-ring (bicyclic) bond motifs is 1. The number of hydrogen-bond donors (Lipinski definition) is 1. The van der Waals surface area contributed by atoms with Crippen molar-refractivity contribution < 1.29 is 41.1 Å². The van der Waals surface area contributed by atoms with Crippen LogP contribution in [0.4, 0.5) is 10.3 Å². The van der Waals surface area contributed by atoms with Gasteiger partial charge in [-0.05, 0) is 74.8 Å². The molecule has 1 aliphatic heterocycles. The van der Waals surface area contributed by atoms with Crippen LogP contribution in [0.1, 0.15) is 41.6 Å². The molecule has 1 amide bonds. The van der Waals surface area contributed by atoms with Gasteiger partial charge in [-0.3, -0.25) is 9.35 Å². The van der Waals surface area contributed by atoms with Gasteiger partial charge in [0, 0.05) is 57.9 Å². The number of methoxy groups -OCH3 is 3. The summed E-state index contributed by atoms with van der Waals surface area (Å²) in [7, 11) is 2.72. The van der Waals surface area contributed by atoms with Gasteiger partial charge in [-0.1, -0.05) is 24.3 Å². The molecule has 5 rings (SSSR count). The molecule has 1 atom stereocenters. The second-order valence-corrected chi connectivity index (χ2v) is 14.3. The number of carbonyl (C=O) groups excluding carboxylic acids is 1. The number of anilines is 1. The average molecular weight is 758 g/mol. The molecule has 290 valence electrons. The van der Waals surface area contributed by atoms with Crippen molar-refractivity contribution in [1.29, 1.82) is 0 Å². The van der Waals surface area contributed by atoms with Crippen LogP contribution in [0, 0.1) is 5.82 Å². The minimum atomic E-state index is -3.67. The van der Waals surface area contributed by atoms with E-state index in [2.05, 4.69) is 32.6 Å². The Labute approximate surface area is 311 Å². The van der Waals surface area contributed by atoms with Crippen molar-refractivity contribution in [3.8, 4) is 17.2 Å². The van der Waals surface area contributed by atoms with Gasteiger partial charge in [0.25, 0.3) is 16.0 Å². The van der Waals surface area contributed by atoms with E-state index in [1.807, 2.05) is 25.1 Å². The lowest BCUT2D eigenvalue weighted by molar-refractivity contribution is 0.0781. The molecule has 0 bridgehead atoms. The first-order valence-electron chi connectivity index (χ1n) is 17.6. The number of benzene rings is 3. The number of ether oxygens (including phenoxy) is 4. The normalized spacial score (nSPS) is 14.2. The SMILES string of the molecule is CCOCCn1c(N2CCCN(CCC(CN(C)C(=O)c3cc(OC)c(OC)c(OC)c3)c3ccc(F)cc3)CC2)nc2ccccc21.CS(=O)(=O)O. The number of nitrogens with zero attached hydrogens (tertiary/aromatic N) is 5. The molecule has 2 heterocycles. The highest BCUT2D eigenvalue weighted by Gasteiger charge is 2.25. The number of hydrogen-bond acceptors (Lipinski definition) is 10. The number of rotatable bonds is 15. The summed E-state index contributed by atoms with van der Waals surface area (Å²) in [6.07, 6.45) is 2.54. The Balaban J connectivity index is 0.00000117. The maximum Gasteiger partial charge on any atom is 0.261 e. The summed E-state index contributed by atoms with van der Waals surface area (Å²) in [5.41, 5.74) is 3.56. The summed E-state index contributed by atoms with van der Waals surface area (Å²) in [5, 5.41) is 0. The van der Waals surface area contributed by atoms with Gasteiger partial charge < -0.3 is 38.2 Å². The lowest BCUT2D eigenvalue weighted by Crippen LogP contribution is -2.35. The van der Waals surface area contributed by atoms with Gasteiger partial charge in [-0.25, -0.2) is 9.37 Å². The highest BCUT2D eigenvalue weighted by atomic mass is 32.2. The van der Waals surface area contributed by atoms with Gasteiger partial charge in [0.05, 0.1) is 45.2 Å². The van der Waals surface area contributed by atoms with Crippen LogP contribution in [0.3, 0.4) is 0 Å². The topological polar surface area (TPSA) is 136 Å². The summed E-state index contributed by atoms with van der Waals surface area (Å²) in [4.78, 5) is 25.3. The summed E-state index contributed by atoms with van der Waals surface area (Å²) >= 11 is 0. The molecule has 13 nitrogen and oxygen atoms in total. The zero-order valence-corrected chi connectivity index (χ0v) is 32.3. The molecule has 0 radical (unpaired) electrons. The number of imidazole rings is 1. The zero-order chi connectivity index (χ0) is 38.5. The van der Waals surface area contributed by atoms with Gasteiger partial charge >= 0.3 is 0 Å². The second-order valence-electron chi connectivity index (χ2n) is 12.8. The molecule has 1 unspecified atom stereocenters. The fourth-order valence-corrected chi connectivity index (χ4v) is 6.49. The van der Waals surface area contributed by atoms with E-state index in [9.17, 15) is 17.6 Å². The van der Waals surface area contributed by atoms with Gasteiger partial charge in [-0.2, -0.15) is 8.42 Å². The first kappa shape index (κ1) is 41.3. The first-order chi connectivity index (χ1) is 25.4. The predicted molar refractivity (Wildman–Crippen MR) is 204 cm³/mol. The van der Waals surface area contributed by atoms with E-state index >= 15 is 0 Å². The Morgan fingerprint density at radius 1 is 0.962 bits per heavy atom. The Hall–Kier alpha value is -4.44. The highest BCUT2D eigenvalue weighted by molar-refractivity contribution is 7.85.